The van der Waals surface area contributed by atoms with Crippen LogP contribution < -0.4 is 21.2 Å². The van der Waals surface area contributed by atoms with E-state index in [1.54, 1.807) is 13.8 Å². The van der Waals surface area contributed by atoms with Gasteiger partial charge in [0.05, 0.1) is 25.9 Å². The number of carbonyl (C=O) groups excluding carboxylic acids is 2. The van der Waals surface area contributed by atoms with Gasteiger partial charge in [-0.05, 0) is 39.7 Å². The summed E-state index contributed by atoms with van der Waals surface area (Å²) in [6.45, 7) is 2.77. The highest BCUT2D eigenvalue weighted by Crippen LogP contribution is 2.39. The summed E-state index contributed by atoms with van der Waals surface area (Å²) in [5.41, 5.74) is -3.66. The van der Waals surface area contributed by atoms with E-state index in [-0.39, 0.29) is 19.3 Å². The standard InChI is InChI=1S/C24H37FN5O9P/c1-6-24(25,16(4)30-12-11-19(29-23(30)34)28-17-9-10-17)22(33)18(36-5)15-39-40(35,26-13-20(31)37-7-2)27-14-21(32)38-8-3/h1,11-12,16-18,22,33H,7-10,13-15H2,2-5H3,(H2,26,27,35)(H,28,29,34)/t16?,18?,22?,24-/m1/s1. The van der Waals surface area contributed by atoms with Gasteiger partial charge in [-0.1, -0.05) is 5.92 Å². The van der Waals surface area contributed by atoms with Crippen LogP contribution in [0.5, 0.6) is 0 Å². The smallest absolute Gasteiger partial charge is 0.349 e. The molecule has 1 saturated carbocycles. The molecule has 40 heavy (non-hydrogen) atoms. The number of rotatable bonds is 18. The van der Waals surface area contributed by atoms with Crippen molar-refractivity contribution in [1.82, 2.24) is 19.7 Å². The van der Waals surface area contributed by atoms with Gasteiger partial charge in [-0.2, -0.15) is 4.98 Å². The molecule has 0 amide bonds. The van der Waals surface area contributed by atoms with Crippen LogP contribution in [0.2, 0.25) is 0 Å². The van der Waals surface area contributed by atoms with Gasteiger partial charge in [-0.3, -0.25) is 18.7 Å². The molecule has 1 aromatic rings. The van der Waals surface area contributed by atoms with Gasteiger partial charge in [0, 0.05) is 19.3 Å². The van der Waals surface area contributed by atoms with Gasteiger partial charge >= 0.3 is 25.3 Å². The van der Waals surface area contributed by atoms with Crippen LogP contribution in [0.4, 0.5) is 10.2 Å². The summed E-state index contributed by atoms with van der Waals surface area (Å²) in [5.74, 6) is 0.731. The number of nitrogens with one attached hydrogen (secondary N) is 3. The third-order valence-corrected chi connectivity index (χ3v) is 7.65. The molecule has 1 fully saturated rings. The third-order valence-electron chi connectivity index (χ3n) is 5.99. The molecule has 1 aliphatic rings. The summed E-state index contributed by atoms with van der Waals surface area (Å²) in [6, 6.07) is 0.331. The van der Waals surface area contributed by atoms with Crippen molar-refractivity contribution in [3.8, 4) is 12.3 Å². The maximum atomic E-state index is 16.2. The number of alkyl halides is 1. The monoisotopic (exact) mass is 589 g/mol. The molecule has 0 aliphatic heterocycles. The normalized spacial score (nSPS) is 17.1. The summed E-state index contributed by atoms with van der Waals surface area (Å²) in [6.07, 6.45) is 5.12. The topological polar surface area (TPSA) is 179 Å². The van der Waals surface area contributed by atoms with Crippen molar-refractivity contribution in [3.05, 3.63) is 22.7 Å². The average Bonchev–Trinajstić information content (AvgIpc) is 3.75. The molecule has 14 nitrogen and oxygen atoms in total. The Morgan fingerprint density at radius 1 is 1.27 bits per heavy atom. The van der Waals surface area contributed by atoms with Crippen LogP contribution in [-0.2, 0) is 32.9 Å². The first kappa shape index (κ1) is 33.3. The van der Waals surface area contributed by atoms with Gasteiger partial charge in [0.15, 0.2) is 0 Å². The molecule has 2 rings (SSSR count). The maximum absolute atomic E-state index is 16.2. The highest BCUT2D eigenvalue weighted by molar-refractivity contribution is 7.54. The first-order valence-corrected chi connectivity index (χ1v) is 14.3. The van der Waals surface area contributed by atoms with Crippen LogP contribution in [-0.4, -0.2) is 90.5 Å². The molecular formula is C24H37FN5O9P. The van der Waals surface area contributed by atoms with E-state index < -0.39 is 68.9 Å². The molecule has 224 valence electrons. The highest BCUT2D eigenvalue weighted by Gasteiger charge is 2.48. The Bertz CT molecular complexity index is 1130. The quantitative estimate of drug-likeness (QED) is 0.106. The number of aliphatic hydroxyl groups is 1. The molecule has 4 atom stereocenters. The second-order valence-corrected chi connectivity index (χ2v) is 10.8. The van der Waals surface area contributed by atoms with Crippen molar-refractivity contribution in [2.45, 2.75) is 63.6 Å². The summed E-state index contributed by atoms with van der Waals surface area (Å²) in [7, 11) is -3.05. The largest absolute Gasteiger partial charge is 0.465 e. The molecule has 0 bridgehead atoms. The third kappa shape index (κ3) is 9.36. The Balaban J connectivity index is 2.18. The average molecular weight is 590 g/mol. The molecule has 1 aliphatic carbocycles. The van der Waals surface area contributed by atoms with Gasteiger partial charge in [0.1, 0.15) is 31.1 Å². The van der Waals surface area contributed by atoms with Gasteiger partial charge in [0.2, 0.25) is 5.67 Å². The minimum atomic E-state index is -4.18. The molecule has 0 aromatic carbocycles. The van der Waals surface area contributed by atoms with E-state index >= 15 is 4.39 Å². The van der Waals surface area contributed by atoms with Crippen LogP contribution >= 0.6 is 7.67 Å². The van der Waals surface area contributed by atoms with Crippen molar-refractivity contribution in [3.63, 3.8) is 0 Å². The number of aliphatic hydroxyl groups excluding tert-OH is 1. The maximum Gasteiger partial charge on any atom is 0.349 e. The number of ether oxygens (including phenoxy) is 3. The number of aromatic nitrogens is 2. The zero-order chi connectivity index (χ0) is 29.9. The molecule has 16 heteroatoms. The Kier molecular flexibility index (Phi) is 12.7. The summed E-state index contributed by atoms with van der Waals surface area (Å²) < 4.78 is 50.6. The lowest BCUT2D eigenvalue weighted by Gasteiger charge is -2.36. The minimum absolute atomic E-state index is 0.0705. The van der Waals surface area contributed by atoms with Gasteiger partial charge in [-0.15, -0.1) is 6.42 Å². The Morgan fingerprint density at radius 2 is 1.85 bits per heavy atom. The number of hydrogen-bond acceptors (Lipinski definition) is 11. The molecule has 0 saturated heterocycles. The van der Waals surface area contributed by atoms with Crippen LogP contribution in [0, 0.1) is 12.3 Å². The number of terminal acetylenes is 1. The van der Waals surface area contributed by atoms with Gasteiger partial charge in [-0.25, -0.2) is 19.4 Å². The fourth-order valence-electron chi connectivity index (χ4n) is 3.53. The predicted molar refractivity (Wildman–Crippen MR) is 142 cm³/mol. The molecule has 0 radical (unpaired) electrons. The van der Waals surface area contributed by atoms with Crippen molar-refractivity contribution in [2.75, 3.05) is 45.3 Å². The number of hydrogen-bond donors (Lipinski definition) is 4. The van der Waals surface area contributed by atoms with Crippen molar-refractivity contribution in [2.24, 2.45) is 0 Å². The van der Waals surface area contributed by atoms with Crippen molar-refractivity contribution in [1.29, 1.82) is 0 Å². The Morgan fingerprint density at radius 3 is 2.30 bits per heavy atom. The van der Waals surface area contributed by atoms with E-state index in [4.69, 9.17) is 25.2 Å². The lowest BCUT2D eigenvalue weighted by atomic mass is 9.88. The minimum Gasteiger partial charge on any atom is -0.465 e. The lowest BCUT2D eigenvalue weighted by Crippen LogP contribution is -2.53. The Hall–Kier alpha value is -2.86. The van der Waals surface area contributed by atoms with E-state index in [1.165, 1.54) is 19.2 Å². The van der Waals surface area contributed by atoms with Crippen LogP contribution in [0.1, 0.15) is 39.7 Å². The van der Waals surface area contributed by atoms with Crippen molar-refractivity contribution < 1.29 is 42.4 Å². The van der Waals surface area contributed by atoms with E-state index in [1.807, 2.05) is 5.92 Å². The number of methoxy groups -OCH3 is 1. The van der Waals surface area contributed by atoms with Gasteiger partial charge in [0.25, 0.3) is 0 Å². The fourth-order valence-corrected chi connectivity index (χ4v) is 4.85. The first-order chi connectivity index (χ1) is 18.9. The zero-order valence-corrected chi connectivity index (χ0v) is 23.8. The zero-order valence-electron chi connectivity index (χ0n) is 22.9. The lowest BCUT2D eigenvalue weighted by molar-refractivity contribution is -0.142. The van der Waals surface area contributed by atoms with E-state index in [2.05, 4.69) is 20.5 Å². The predicted octanol–water partition coefficient (Wildman–Crippen LogP) is 0.526. The number of nitrogens with zero attached hydrogens (tertiary/aromatic N) is 2. The van der Waals surface area contributed by atoms with E-state index in [9.17, 15) is 24.1 Å². The highest BCUT2D eigenvalue weighted by atomic mass is 31.2. The second-order valence-electron chi connectivity index (χ2n) is 8.86. The summed E-state index contributed by atoms with van der Waals surface area (Å²) in [4.78, 5) is 40.1. The number of anilines is 1. The molecular weight excluding hydrogens is 552 g/mol. The Labute approximate surface area is 231 Å². The van der Waals surface area contributed by atoms with Crippen LogP contribution in [0.3, 0.4) is 0 Å². The number of esters is 2. The molecule has 1 heterocycles. The SMILES string of the molecule is C#C[C@](F)(C(O)C(COP(=O)(NCC(=O)OCC)NCC(=O)OCC)OC)C(C)n1ccc(NC2CC2)nc1=O. The summed E-state index contributed by atoms with van der Waals surface area (Å²) >= 11 is 0. The summed E-state index contributed by atoms with van der Waals surface area (Å²) in [5, 5.41) is 18.7. The van der Waals surface area contributed by atoms with Crippen LogP contribution in [0.15, 0.2) is 17.1 Å². The number of carbonyl (C=O) groups is 2. The fraction of sp³-hybridized carbons (Fsp3) is 0.667. The molecule has 3 unspecified atom stereocenters. The van der Waals surface area contributed by atoms with Crippen molar-refractivity contribution >= 4 is 25.4 Å². The number of halogens is 1. The molecule has 0 spiro atoms. The first-order valence-electron chi connectivity index (χ1n) is 12.7. The van der Waals surface area contributed by atoms with Crippen LogP contribution in [0.25, 0.3) is 0 Å². The van der Waals surface area contributed by atoms with E-state index in [0.29, 0.717) is 5.82 Å². The molecule has 1 aromatic heterocycles. The van der Waals surface area contributed by atoms with E-state index in [0.717, 1.165) is 24.5 Å². The molecule has 4 N–H and O–H groups in total. The van der Waals surface area contributed by atoms with Gasteiger partial charge < -0.3 is 29.2 Å². The second kappa shape index (κ2) is 15.2.